The Bertz CT molecular complexity index is 1330. The first-order chi connectivity index (χ1) is 14.4. The van der Waals surface area contributed by atoms with Crippen LogP contribution in [0.2, 0.25) is 0 Å². The smallest absolute Gasteiger partial charge is 0.296 e. The Hall–Kier alpha value is -3.23. The SMILES string of the molecule is Cc1ccc2nc(N3C(=O)C(O)=C(C(=O)c4ccc(C)o4)C3c3ccsc3)sc2c1. The number of carbonyl (C=O) groups is 2. The summed E-state index contributed by atoms with van der Waals surface area (Å²) in [6.45, 7) is 3.72. The fraction of sp³-hybridized carbons (Fsp3) is 0.136. The van der Waals surface area contributed by atoms with Gasteiger partial charge in [-0.2, -0.15) is 11.3 Å². The molecule has 4 heterocycles. The van der Waals surface area contributed by atoms with Crippen molar-refractivity contribution in [2.45, 2.75) is 19.9 Å². The summed E-state index contributed by atoms with van der Waals surface area (Å²) in [5.41, 5.74) is 2.59. The van der Waals surface area contributed by atoms with Crippen LogP contribution in [0.25, 0.3) is 10.2 Å². The first-order valence-corrected chi connectivity index (χ1v) is 11.0. The third kappa shape index (κ3) is 2.88. The van der Waals surface area contributed by atoms with E-state index in [-0.39, 0.29) is 11.3 Å². The van der Waals surface area contributed by atoms with Gasteiger partial charge >= 0.3 is 0 Å². The first-order valence-electron chi connectivity index (χ1n) is 9.21. The van der Waals surface area contributed by atoms with Gasteiger partial charge in [0.25, 0.3) is 5.91 Å². The van der Waals surface area contributed by atoms with E-state index in [1.54, 1.807) is 19.1 Å². The standard InChI is InChI=1S/C22H16N2O4S2/c1-11-3-5-14-16(9-11)30-22(23-14)24-18(13-7-8-29-10-13)17(20(26)21(24)27)19(25)15-6-4-12(2)28-15/h3-10,18,26H,1-2H3. The number of aliphatic hydroxyl groups excluding tert-OH is 1. The number of thiazole rings is 1. The molecule has 0 fully saturated rings. The van der Waals surface area contributed by atoms with Crippen LogP contribution in [0.15, 0.2) is 62.9 Å². The van der Waals surface area contributed by atoms with Crippen LogP contribution in [0.4, 0.5) is 5.13 Å². The van der Waals surface area contributed by atoms with E-state index >= 15 is 0 Å². The highest BCUT2D eigenvalue weighted by Crippen LogP contribution is 2.44. The van der Waals surface area contributed by atoms with Crippen molar-refractivity contribution in [1.82, 2.24) is 4.98 Å². The fourth-order valence-electron chi connectivity index (χ4n) is 3.59. The van der Waals surface area contributed by atoms with Crippen LogP contribution in [-0.4, -0.2) is 21.8 Å². The molecule has 0 radical (unpaired) electrons. The van der Waals surface area contributed by atoms with Gasteiger partial charge in [0.2, 0.25) is 5.78 Å². The van der Waals surface area contributed by atoms with Gasteiger partial charge in [-0.25, -0.2) is 4.98 Å². The second kappa shape index (κ2) is 6.93. The highest BCUT2D eigenvalue weighted by molar-refractivity contribution is 7.22. The zero-order chi connectivity index (χ0) is 21.0. The number of thiophene rings is 1. The van der Waals surface area contributed by atoms with Gasteiger partial charge in [0, 0.05) is 0 Å². The van der Waals surface area contributed by atoms with Gasteiger partial charge in [-0.3, -0.25) is 14.5 Å². The number of nitrogens with zero attached hydrogens (tertiary/aromatic N) is 2. The molecule has 8 heteroatoms. The predicted molar refractivity (Wildman–Crippen MR) is 116 cm³/mol. The van der Waals surface area contributed by atoms with Crippen molar-refractivity contribution in [1.29, 1.82) is 0 Å². The lowest BCUT2D eigenvalue weighted by Gasteiger charge is -2.23. The molecule has 0 spiro atoms. The van der Waals surface area contributed by atoms with Crippen molar-refractivity contribution < 1.29 is 19.1 Å². The molecule has 150 valence electrons. The summed E-state index contributed by atoms with van der Waals surface area (Å²) in [4.78, 5) is 32.3. The molecule has 5 rings (SSSR count). The largest absolute Gasteiger partial charge is 0.503 e. The van der Waals surface area contributed by atoms with Gasteiger partial charge < -0.3 is 9.52 Å². The number of hydrogen-bond acceptors (Lipinski definition) is 7. The summed E-state index contributed by atoms with van der Waals surface area (Å²) < 4.78 is 6.41. The molecule has 0 aliphatic carbocycles. The zero-order valence-electron chi connectivity index (χ0n) is 16.1. The van der Waals surface area contributed by atoms with Gasteiger partial charge in [-0.1, -0.05) is 17.4 Å². The molecule has 1 aliphatic heterocycles. The van der Waals surface area contributed by atoms with Crippen LogP contribution in [0.3, 0.4) is 0 Å². The molecule has 3 aromatic heterocycles. The number of carbonyl (C=O) groups excluding carboxylic acids is 2. The van der Waals surface area contributed by atoms with Crippen LogP contribution in [0.5, 0.6) is 0 Å². The van der Waals surface area contributed by atoms with E-state index in [0.29, 0.717) is 10.9 Å². The fourth-order valence-corrected chi connectivity index (χ4v) is 5.36. The maximum absolute atomic E-state index is 13.2. The summed E-state index contributed by atoms with van der Waals surface area (Å²) >= 11 is 2.81. The molecular weight excluding hydrogens is 420 g/mol. The van der Waals surface area contributed by atoms with Crippen LogP contribution in [-0.2, 0) is 4.79 Å². The third-order valence-corrected chi connectivity index (χ3v) is 6.73. The molecule has 6 nitrogen and oxygen atoms in total. The van der Waals surface area contributed by atoms with E-state index < -0.39 is 23.5 Å². The minimum Gasteiger partial charge on any atom is -0.503 e. The number of furan rings is 1. The Labute approximate surface area is 179 Å². The lowest BCUT2D eigenvalue weighted by Crippen LogP contribution is -2.30. The number of ketones is 1. The Morgan fingerprint density at radius 2 is 2.03 bits per heavy atom. The molecule has 0 saturated heterocycles. The predicted octanol–water partition coefficient (Wildman–Crippen LogP) is 5.35. The lowest BCUT2D eigenvalue weighted by molar-refractivity contribution is -0.117. The lowest BCUT2D eigenvalue weighted by atomic mass is 9.97. The van der Waals surface area contributed by atoms with E-state index in [9.17, 15) is 14.7 Å². The van der Waals surface area contributed by atoms with Crippen molar-refractivity contribution in [2.75, 3.05) is 4.90 Å². The second-order valence-electron chi connectivity index (χ2n) is 7.10. The van der Waals surface area contributed by atoms with E-state index in [1.807, 2.05) is 41.9 Å². The molecule has 1 unspecified atom stereocenters. The van der Waals surface area contributed by atoms with Crippen LogP contribution in [0.1, 0.15) is 33.5 Å². The maximum atomic E-state index is 13.2. The van der Waals surface area contributed by atoms with Crippen LogP contribution >= 0.6 is 22.7 Å². The number of amides is 1. The summed E-state index contributed by atoms with van der Waals surface area (Å²) in [5.74, 6) is -1.06. The monoisotopic (exact) mass is 436 g/mol. The average Bonchev–Trinajstić information content (AvgIpc) is 3.49. The van der Waals surface area contributed by atoms with E-state index in [0.717, 1.165) is 21.3 Å². The van der Waals surface area contributed by atoms with Gasteiger partial charge in [0.15, 0.2) is 16.7 Å². The number of hydrogen-bond donors (Lipinski definition) is 1. The van der Waals surface area contributed by atoms with Crippen molar-refractivity contribution in [3.8, 4) is 0 Å². The van der Waals surface area contributed by atoms with E-state index in [4.69, 9.17) is 4.42 Å². The number of benzene rings is 1. The number of rotatable bonds is 4. The Morgan fingerprint density at radius 1 is 1.20 bits per heavy atom. The zero-order valence-corrected chi connectivity index (χ0v) is 17.7. The summed E-state index contributed by atoms with van der Waals surface area (Å²) in [6.07, 6.45) is 0. The molecule has 4 aromatic rings. The van der Waals surface area contributed by atoms with Gasteiger partial charge in [0.1, 0.15) is 5.76 Å². The van der Waals surface area contributed by atoms with Crippen LogP contribution in [0, 0.1) is 13.8 Å². The van der Waals surface area contributed by atoms with Gasteiger partial charge in [-0.15, -0.1) is 0 Å². The third-order valence-electron chi connectivity index (χ3n) is 5.01. The minimum atomic E-state index is -0.775. The minimum absolute atomic E-state index is 0.00295. The van der Waals surface area contributed by atoms with Crippen molar-refractivity contribution >= 4 is 49.7 Å². The molecule has 30 heavy (non-hydrogen) atoms. The molecule has 1 aliphatic rings. The van der Waals surface area contributed by atoms with Crippen LogP contribution < -0.4 is 4.90 Å². The Morgan fingerprint density at radius 3 is 2.73 bits per heavy atom. The Kier molecular flexibility index (Phi) is 4.34. The van der Waals surface area contributed by atoms with Gasteiger partial charge in [-0.05, 0) is 66.1 Å². The highest BCUT2D eigenvalue weighted by atomic mass is 32.1. The average molecular weight is 437 g/mol. The Balaban J connectivity index is 1.66. The number of aryl methyl sites for hydroxylation is 2. The van der Waals surface area contributed by atoms with E-state index in [2.05, 4.69) is 4.98 Å². The molecule has 0 bridgehead atoms. The maximum Gasteiger partial charge on any atom is 0.296 e. The summed E-state index contributed by atoms with van der Waals surface area (Å²) in [7, 11) is 0. The number of fused-ring (bicyclic) bond motifs is 1. The number of anilines is 1. The van der Waals surface area contributed by atoms with Crippen molar-refractivity contribution in [3.63, 3.8) is 0 Å². The first kappa shape index (κ1) is 18.8. The number of aromatic nitrogens is 1. The van der Waals surface area contributed by atoms with Crippen molar-refractivity contribution in [3.05, 3.63) is 81.1 Å². The second-order valence-corrected chi connectivity index (χ2v) is 8.89. The molecule has 1 amide bonds. The summed E-state index contributed by atoms with van der Waals surface area (Å²) in [6, 6.07) is 10.1. The highest BCUT2D eigenvalue weighted by Gasteiger charge is 2.46. The van der Waals surface area contributed by atoms with Gasteiger partial charge in [0.05, 0.1) is 21.8 Å². The number of Topliss-reactive ketones (excluding diaryl/α,β-unsaturated/α-hetero) is 1. The molecule has 1 aromatic carbocycles. The van der Waals surface area contributed by atoms with Crippen molar-refractivity contribution in [2.24, 2.45) is 0 Å². The quantitative estimate of drug-likeness (QED) is 0.436. The summed E-state index contributed by atoms with van der Waals surface area (Å²) in [5, 5.41) is 14.9. The van der Waals surface area contributed by atoms with E-state index in [1.165, 1.54) is 27.6 Å². The molecular formula is C22H16N2O4S2. The molecule has 1 N–H and O–H groups in total. The topological polar surface area (TPSA) is 83.6 Å². The normalized spacial score (nSPS) is 16.8. The molecule has 1 atom stereocenters. The number of aliphatic hydroxyl groups is 1. The molecule has 0 saturated carbocycles.